The first-order valence-corrected chi connectivity index (χ1v) is 7.09. The molecule has 1 aromatic rings. The standard InChI is InChI=1S/C12H11Br2NO4/c1-19-12(18)6-2-10(16)15(5-6)7-3-8(13)11(17)9(14)4-7/h3-4,6,17H,2,5H2,1H3. The maximum Gasteiger partial charge on any atom is 0.311 e. The monoisotopic (exact) mass is 391 g/mol. The van der Waals surface area contributed by atoms with E-state index >= 15 is 0 Å². The van der Waals surface area contributed by atoms with E-state index < -0.39 is 5.92 Å². The molecule has 1 aliphatic rings. The highest BCUT2D eigenvalue weighted by atomic mass is 79.9. The van der Waals surface area contributed by atoms with Crippen molar-refractivity contribution in [2.45, 2.75) is 6.42 Å². The van der Waals surface area contributed by atoms with Crippen LogP contribution >= 0.6 is 31.9 Å². The summed E-state index contributed by atoms with van der Waals surface area (Å²) >= 11 is 6.42. The number of phenols is 1. The average Bonchev–Trinajstić information content (AvgIpc) is 2.76. The largest absolute Gasteiger partial charge is 0.506 e. The van der Waals surface area contributed by atoms with Crippen molar-refractivity contribution in [3.05, 3.63) is 21.1 Å². The summed E-state index contributed by atoms with van der Waals surface area (Å²) in [5.74, 6) is -0.892. The Balaban J connectivity index is 2.28. The van der Waals surface area contributed by atoms with Crippen molar-refractivity contribution >= 4 is 49.4 Å². The van der Waals surface area contributed by atoms with Gasteiger partial charge in [0.15, 0.2) is 0 Å². The zero-order valence-corrected chi connectivity index (χ0v) is 13.2. The third-order valence-corrected chi connectivity index (χ3v) is 4.18. The molecule has 2 rings (SSSR count). The highest BCUT2D eigenvalue weighted by molar-refractivity contribution is 9.11. The molecule has 1 aliphatic heterocycles. The van der Waals surface area contributed by atoms with Crippen molar-refractivity contribution in [3.63, 3.8) is 0 Å². The normalized spacial score (nSPS) is 18.8. The first kappa shape index (κ1) is 14.3. The van der Waals surface area contributed by atoms with Gasteiger partial charge in [0.25, 0.3) is 0 Å². The van der Waals surface area contributed by atoms with E-state index in [9.17, 15) is 14.7 Å². The van der Waals surface area contributed by atoms with Crippen LogP contribution in [0.5, 0.6) is 5.75 Å². The van der Waals surface area contributed by atoms with Crippen molar-refractivity contribution in [1.29, 1.82) is 0 Å². The second-order valence-electron chi connectivity index (χ2n) is 4.19. The Labute approximate surface area is 126 Å². The zero-order valence-electron chi connectivity index (χ0n) is 10.0. The number of aromatic hydroxyl groups is 1. The molecule has 0 bridgehead atoms. The van der Waals surface area contributed by atoms with Gasteiger partial charge >= 0.3 is 5.97 Å². The maximum absolute atomic E-state index is 11.9. The fourth-order valence-electron chi connectivity index (χ4n) is 1.99. The first-order valence-electron chi connectivity index (χ1n) is 5.50. The van der Waals surface area contributed by atoms with Gasteiger partial charge in [-0.1, -0.05) is 0 Å². The zero-order chi connectivity index (χ0) is 14.2. The molecular weight excluding hydrogens is 382 g/mol. The lowest BCUT2D eigenvalue weighted by atomic mass is 10.1. The maximum atomic E-state index is 11.9. The van der Waals surface area contributed by atoms with E-state index in [1.54, 1.807) is 12.1 Å². The van der Waals surface area contributed by atoms with Crippen LogP contribution in [0.25, 0.3) is 0 Å². The van der Waals surface area contributed by atoms with E-state index in [0.29, 0.717) is 14.6 Å². The highest BCUT2D eigenvalue weighted by Crippen LogP contribution is 2.38. The van der Waals surface area contributed by atoms with Crippen LogP contribution in [-0.4, -0.2) is 30.6 Å². The van der Waals surface area contributed by atoms with Crippen LogP contribution in [0.4, 0.5) is 5.69 Å². The number of halogens is 2. The second kappa shape index (κ2) is 5.50. The number of benzene rings is 1. The topological polar surface area (TPSA) is 66.8 Å². The van der Waals surface area contributed by atoms with Gasteiger partial charge in [0.2, 0.25) is 5.91 Å². The SMILES string of the molecule is COC(=O)C1CC(=O)N(c2cc(Br)c(O)c(Br)c2)C1. The van der Waals surface area contributed by atoms with Crippen LogP contribution in [0.1, 0.15) is 6.42 Å². The molecular formula is C12H11Br2NO4. The number of esters is 1. The van der Waals surface area contributed by atoms with Gasteiger partial charge in [0.1, 0.15) is 5.75 Å². The molecule has 1 heterocycles. The highest BCUT2D eigenvalue weighted by Gasteiger charge is 2.36. The summed E-state index contributed by atoms with van der Waals surface area (Å²) in [6, 6.07) is 3.27. The van der Waals surface area contributed by atoms with Gasteiger partial charge in [-0.3, -0.25) is 9.59 Å². The summed E-state index contributed by atoms with van der Waals surface area (Å²) in [7, 11) is 1.31. The lowest BCUT2D eigenvalue weighted by molar-refractivity contribution is -0.145. The summed E-state index contributed by atoms with van der Waals surface area (Å²) in [6.45, 7) is 0.287. The van der Waals surface area contributed by atoms with Crippen LogP contribution < -0.4 is 4.90 Å². The van der Waals surface area contributed by atoms with Crippen LogP contribution in [0, 0.1) is 5.92 Å². The van der Waals surface area contributed by atoms with Crippen molar-refractivity contribution in [1.82, 2.24) is 0 Å². The fourth-order valence-corrected chi connectivity index (χ4v) is 3.15. The Kier molecular flexibility index (Phi) is 4.15. The number of carbonyl (C=O) groups is 2. The lowest BCUT2D eigenvalue weighted by Gasteiger charge is -2.17. The third kappa shape index (κ3) is 2.76. The van der Waals surface area contributed by atoms with Gasteiger partial charge in [0, 0.05) is 18.7 Å². The molecule has 5 nitrogen and oxygen atoms in total. The molecule has 1 aromatic carbocycles. The number of phenolic OH excluding ortho intramolecular Hbond substituents is 1. The Morgan fingerprint density at radius 2 is 2.00 bits per heavy atom. The average molecular weight is 393 g/mol. The van der Waals surface area contributed by atoms with Gasteiger partial charge < -0.3 is 14.7 Å². The van der Waals surface area contributed by atoms with Gasteiger partial charge in [0.05, 0.1) is 22.0 Å². The summed E-state index contributed by atoms with van der Waals surface area (Å²) < 4.78 is 5.61. The summed E-state index contributed by atoms with van der Waals surface area (Å²) in [5.41, 5.74) is 0.618. The van der Waals surface area contributed by atoms with Crippen LogP contribution in [0.3, 0.4) is 0 Å². The minimum absolute atomic E-state index is 0.0694. The molecule has 0 saturated carbocycles. The summed E-state index contributed by atoms with van der Waals surface area (Å²) in [6.07, 6.45) is 0.142. The number of hydrogen-bond donors (Lipinski definition) is 1. The molecule has 1 fully saturated rings. The second-order valence-corrected chi connectivity index (χ2v) is 5.90. The van der Waals surface area contributed by atoms with Crippen LogP contribution in [0.15, 0.2) is 21.1 Å². The number of rotatable bonds is 2. The van der Waals surface area contributed by atoms with Crippen molar-refractivity contribution in [2.24, 2.45) is 5.92 Å². The van der Waals surface area contributed by atoms with Crippen molar-refractivity contribution < 1.29 is 19.4 Å². The van der Waals surface area contributed by atoms with Crippen molar-refractivity contribution in [3.8, 4) is 5.75 Å². The van der Waals surface area contributed by atoms with E-state index in [2.05, 4.69) is 36.6 Å². The lowest BCUT2D eigenvalue weighted by Crippen LogP contribution is -2.26. The minimum atomic E-state index is -0.441. The number of ether oxygens (including phenoxy) is 1. The van der Waals surface area contributed by atoms with Gasteiger partial charge in [-0.25, -0.2) is 0 Å². The van der Waals surface area contributed by atoms with Crippen LogP contribution in [-0.2, 0) is 14.3 Å². The number of anilines is 1. The van der Waals surface area contributed by atoms with E-state index in [0.717, 1.165) is 0 Å². The third-order valence-electron chi connectivity index (χ3n) is 2.97. The number of carbonyl (C=O) groups excluding carboxylic acids is 2. The van der Waals surface area contributed by atoms with E-state index in [1.165, 1.54) is 12.0 Å². The molecule has 1 amide bonds. The fraction of sp³-hybridized carbons (Fsp3) is 0.333. The molecule has 1 unspecified atom stereocenters. The molecule has 19 heavy (non-hydrogen) atoms. The van der Waals surface area contributed by atoms with Gasteiger partial charge in [-0.2, -0.15) is 0 Å². The molecule has 0 aromatic heterocycles. The van der Waals surface area contributed by atoms with E-state index in [-0.39, 0.29) is 30.6 Å². The first-order chi connectivity index (χ1) is 8.93. The predicted molar refractivity (Wildman–Crippen MR) is 76.0 cm³/mol. The van der Waals surface area contributed by atoms with E-state index in [4.69, 9.17) is 0 Å². The van der Waals surface area contributed by atoms with E-state index in [1.807, 2.05) is 0 Å². The molecule has 0 spiro atoms. The Morgan fingerprint density at radius 3 is 2.53 bits per heavy atom. The number of nitrogens with zero attached hydrogens (tertiary/aromatic N) is 1. The number of hydrogen-bond acceptors (Lipinski definition) is 4. The Bertz CT molecular complexity index is 524. The number of methoxy groups -OCH3 is 1. The summed E-state index contributed by atoms with van der Waals surface area (Å²) in [4.78, 5) is 24.9. The molecule has 0 aliphatic carbocycles. The summed E-state index contributed by atoms with van der Waals surface area (Å²) in [5, 5.41) is 9.65. The smallest absolute Gasteiger partial charge is 0.311 e. The molecule has 0 radical (unpaired) electrons. The number of amides is 1. The minimum Gasteiger partial charge on any atom is -0.506 e. The molecule has 1 N–H and O–H groups in total. The molecule has 1 saturated heterocycles. The van der Waals surface area contributed by atoms with Crippen LogP contribution in [0.2, 0.25) is 0 Å². The van der Waals surface area contributed by atoms with Crippen molar-refractivity contribution in [2.75, 3.05) is 18.6 Å². The molecule has 1 atom stereocenters. The Morgan fingerprint density at radius 1 is 1.42 bits per heavy atom. The van der Waals surface area contributed by atoms with Gasteiger partial charge in [-0.15, -0.1) is 0 Å². The predicted octanol–water partition coefficient (Wildman–Crippen LogP) is 2.44. The molecule has 7 heteroatoms. The Hall–Kier alpha value is -1.08. The van der Waals surface area contributed by atoms with Gasteiger partial charge in [-0.05, 0) is 44.0 Å². The molecule has 102 valence electrons. The quantitative estimate of drug-likeness (QED) is 0.785.